The van der Waals surface area contributed by atoms with Gasteiger partial charge >= 0.3 is 0 Å². The van der Waals surface area contributed by atoms with E-state index in [-0.39, 0.29) is 17.8 Å². The Balaban J connectivity index is 2.01. The Bertz CT molecular complexity index is 249. The highest BCUT2D eigenvalue weighted by molar-refractivity contribution is 5.87. The lowest BCUT2D eigenvalue weighted by Gasteiger charge is -2.19. The lowest BCUT2D eigenvalue weighted by molar-refractivity contribution is -0.156. The molecule has 3 unspecified atom stereocenters. The van der Waals surface area contributed by atoms with Crippen LogP contribution in [0.5, 0.6) is 0 Å². The third kappa shape index (κ3) is 1.69. The van der Waals surface area contributed by atoms with Gasteiger partial charge in [0.05, 0.1) is 13.2 Å². The maximum atomic E-state index is 11.6. The SMILES string of the molecule is CC1COC(C2COC(C)(C)O2)C1=O. The first-order chi connectivity index (χ1) is 6.49. The molecule has 3 atom stereocenters. The molecule has 2 saturated heterocycles. The normalized spacial score (nSPS) is 41.9. The van der Waals surface area contributed by atoms with Crippen molar-refractivity contribution < 1.29 is 19.0 Å². The third-order valence-corrected chi connectivity index (χ3v) is 2.66. The first-order valence-corrected chi connectivity index (χ1v) is 4.97. The lowest BCUT2D eigenvalue weighted by atomic mass is 10.0. The zero-order chi connectivity index (χ0) is 10.3. The fraction of sp³-hybridized carbons (Fsp3) is 0.900. The van der Waals surface area contributed by atoms with Crippen LogP contribution in [0.1, 0.15) is 20.8 Å². The number of carbonyl (C=O) groups excluding carboxylic acids is 1. The summed E-state index contributed by atoms with van der Waals surface area (Å²) in [5.74, 6) is -0.455. The van der Waals surface area contributed by atoms with E-state index in [1.54, 1.807) is 0 Å². The molecule has 0 radical (unpaired) electrons. The van der Waals surface area contributed by atoms with Crippen LogP contribution >= 0.6 is 0 Å². The van der Waals surface area contributed by atoms with Crippen LogP contribution in [0.3, 0.4) is 0 Å². The second kappa shape index (κ2) is 3.29. The molecule has 0 saturated carbocycles. The summed E-state index contributed by atoms with van der Waals surface area (Å²) in [6.45, 7) is 6.51. The van der Waals surface area contributed by atoms with Crippen molar-refractivity contribution in [1.29, 1.82) is 0 Å². The molecule has 80 valence electrons. The summed E-state index contributed by atoms with van der Waals surface area (Å²) < 4.78 is 16.4. The molecule has 4 heteroatoms. The van der Waals surface area contributed by atoms with Crippen LogP contribution in [0, 0.1) is 5.92 Å². The predicted molar refractivity (Wildman–Crippen MR) is 48.8 cm³/mol. The van der Waals surface area contributed by atoms with Gasteiger partial charge in [0.15, 0.2) is 11.6 Å². The highest BCUT2D eigenvalue weighted by Gasteiger charge is 2.45. The number of ketones is 1. The summed E-state index contributed by atoms with van der Waals surface area (Å²) in [6, 6.07) is 0. The Morgan fingerprint density at radius 1 is 1.36 bits per heavy atom. The lowest BCUT2D eigenvalue weighted by Crippen LogP contribution is -2.35. The first kappa shape index (κ1) is 10.1. The van der Waals surface area contributed by atoms with Crippen LogP contribution < -0.4 is 0 Å². The van der Waals surface area contributed by atoms with Crippen LogP contribution in [0.4, 0.5) is 0 Å². The van der Waals surface area contributed by atoms with E-state index >= 15 is 0 Å². The van der Waals surface area contributed by atoms with Crippen molar-refractivity contribution in [3.05, 3.63) is 0 Å². The number of rotatable bonds is 1. The zero-order valence-corrected chi connectivity index (χ0v) is 8.78. The molecule has 0 aromatic rings. The fourth-order valence-corrected chi connectivity index (χ4v) is 1.85. The minimum absolute atomic E-state index is 0.00712. The fourth-order valence-electron chi connectivity index (χ4n) is 1.85. The molecular weight excluding hydrogens is 184 g/mol. The topological polar surface area (TPSA) is 44.8 Å². The van der Waals surface area contributed by atoms with E-state index in [2.05, 4.69) is 0 Å². The molecular formula is C10H16O4. The number of hydrogen-bond acceptors (Lipinski definition) is 4. The van der Waals surface area contributed by atoms with Crippen LogP contribution in [-0.2, 0) is 19.0 Å². The molecule has 0 aromatic heterocycles. The number of carbonyl (C=O) groups is 1. The van der Waals surface area contributed by atoms with Crippen LogP contribution in [-0.4, -0.2) is 37.0 Å². The minimum Gasteiger partial charge on any atom is -0.367 e. The molecule has 0 aromatic carbocycles. The summed E-state index contributed by atoms with van der Waals surface area (Å²) in [5, 5.41) is 0. The molecule has 2 fully saturated rings. The molecule has 14 heavy (non-hydrogen) atoms. The summed E-state index contributed by atoms with van der Waals surface area (Å²) in [5.41, 5.74) is 0. The maximum absolute atomic E-state index is 11.6. The summed E-state index contributed by atoms with van der Waals surface area (Å²) >= 11 is 0. The Hall–Kier alpha value is -0.450. The molecule has 0 aliphatic carbocycles. The summed E-state index contributed by atoms with van der Waals surface area (Å²) in [6.07, 6.45) is -0.658. The van der Waals surface area contributed by atoms with Gasteiger partial charge in [-0.05, 0) is 13.8 Å². The van der Waals surface area contributed by atoms with E-state index in [0.717, 1.165) is 0 Å². The Kier molecular flexibility index (Phi) is 2.37. The molecule has 4 nitrogen and oxygen atoms in total. The van der Waals surface area contributed by atoms with E-state index in [0.29, 0.717) is 13.2 Å². The quantitative estimate of drug-likeness (QED) is 0.626. The van der Waals surface area contributed by atoms with E-state index < -0.39 is 11.9 Å². The molecule has 2 rings (SSSR count). The smallest absolute Gasteiger partial charge is 0.169 e. The van der Waals surface area contributed by atoms with Gasteiger partial charge in [-0.15, -0.1) is 0 Å². The number of ether oxygens (including phenoxy) is 3. The molecule has 2 heterocycles. The van der Waals surface area contributed by atoms with E-state index in [9.17, 15) is 4.79 Å². The standard InChI is InChI=1S/C10H16O4/c1-6-4-12-9(8(6)11)7-5-13-10(2,3)14-7/h6-7,9H,4-5H2,1-3H3. The van der Waals surface area contributed by atoms with Crippen LogP contribution in [0.15, 0.2) is 0 Å². The Morgan fingerprint density at radius 2 is 2.07 bits per heavy atom. The monoisotopic (exact) mass is 200 g/mol. The molecule has 0 amide bonds. The average Bonchev–Trinajstić information content (AvgIpc) is 2.59. The first-order valence-electron chi connectivity index (χ1n) is 4.97. The van der Waals surface area contributed by atoms with Crippen molar-refractivity contribution in [3.8, 4) is 0 Å². The zero-order valence-electron chi connectivity index (χ0n) is 8.78. The van der Waals surface area contributed by atoms with Gasteiger partial charge < -0.3 is 14.2 Å². The largest absolute Gasteiger partial charge is 0.367 e. The van der Waals surface area contributed by atoms with Crippen molar-refractivity contribution in [3.63, 3.8) is 0 Å². The number of hydrogen-bond donors (Lipinski definition) is 0. The van der Waals surface area contributed by atoms with Gasteiger partial charge in [-0.1, -0.05) is 6.92 Å². The predicted octanol–water partition coefficient (Wildman–Crippen LogP) is 0.742. The van der Waals surface area contributed by atoms with E-state index in [1.807, 2.05) is 20.8 Å². The maximum Gasteiger partial charge on any atom is 0.169 e. The number of Topliss-reactive ketones (excluding diaryl/α,β-unsaturated/α-hetero) is 1. The third-order valence-electron chi connectivity index (χ3n) is 2.66. The van der Waals surface area contributed by atoms with Gasteiger partial charge in [0.25, 0.3) is 0 Å². The van der Waals surface area contributed by atoms with E-state index in [1.165, 1.54) is 0 Å². The highest BCUT2D eigenvalue weighted by Crippen LogP contribution is 2.29. The second-order valence-corrected chi connectivity index (χ2v) is 4.42. The van der Waals surface area contributed by atoms with Gasteiger partial charge in [-0.25, -0.2) is 0 Å². The van der Waals surface area contributed by atoms with Gasteiger partial charge in [-0.3, -0.25) is 4.79 Å². The van der Waals surface area contributed by atoms with Crippen molar-refractivity contribution >= 4 is 5.78 Å². The molecule has 0 bridgehead atoms. The van der Waals surface area contributed by atoms with Crippen molar-refractivity contribution in [2.24, 2.45) is 5.92 Å². The van der Waals surface area contributed by atoms with Crippen molar-refractivity contribution in [2.45, 2.75) is 38.8 Å². The van der Waals surface area contributed by atoms with Gasteiger partial charge in [-0.2, -0.15) is 0 Å². The minimum atomic E-state index is -0.583. The van der Waals surface area contributed by atoms with Gasteiger partial charge in [0.1, 0.15) is 12.2 Å². The average molecular weight is 200 g/mol. The molecule has 0 N–H and O–H groups in total. The summed E-state index contributed by atoms with van der Waals surface area (Å²) in [4.78, 5) is 11.6. The molecule has 2 aliphatic heterocycles. The van der Waals surface area contributed by atoms with Crippen molar-refractivity contribution in [2.75, 3.05) is 13.2 Å². The van der Waals surface area contributed by atoms with Crippen LogP contribution in [0.25, 0.3) is 0 Å². The van der Waals surface area contributed by atoms with E-state index in [4.69, 9.17) is 14.2 Å². The summed E-state index contributed by atoms with van der Waals surface area (Å²) in [7, 11) is 0. The highest BCUT2D eigenvalue weighted by atomic mass is 16.7. The molecule has 0 spiro atoms. The van der Waals surface area contributed by atoms with Gasteiger partial charge in [0.2, 0.25) is 0 Å². The second-order valence-electron chi connectivity index (χ2n) is 4.42. The Labute approximate surface area is 83.5 Å². The Morgan fingerprint density at radius 3 is 2.50 bits per heavy atom. The van der Waals surface area contributed by atoms with Crippen LogP contribution in [0.2, 0.25) is 0 Å². The molecule has 2 aliphatic rings. The van der Waals surface area contributed by atoms with Crippen molar-refractivity contribution in [1.82, 2.24) is 0 Å². The van der Waals surface area contributed by atoms with Gasteiger partial charge in [0, 0.05) is 5.92 Å².